The lowest BCUT2D eigenvalue weighted by molar-refractivity contribution is 0.255. The van der Waals surface area contributed by atoms with Gasteiger partial charge in [0.15, 0.2) is 0 Å². The molecule has 0 aromatic heterocycles. The van der Waals surface area contributed by atoms with Crippen molar-refractivity contribution in [3.8, 4) is 0 Å². The van der Waals surface area contributed by atoms with Gasteiger partial charge in [0.05, 0.1) is 0 Å². The molecular weight excluding hydrogens is 222 g/mol. The fraction of sp³-hybridized carbons (Fsp3) is 1.00. The lowest BCUT2D eigenvalue weighted by Gasteiger charge is -2.33. The molecule has 1 aliphatic heterocycles. The molecule has 0 aromatic rings. The molecule has 3 nitrogen and oxygen atoms in total. The topological polar surface area (TPSA) is 27.3 Å². The van der Waals surface area contributed by atoms with Crippen LogP contribution < -0.4 is 10.6 Å². The largest absolute Gasteiger partial charge is 0.314 e. The summed E-state index contributed by atoms with van der Waals surface area (Å²) < 4.78 is 0. The fourth-order valence-corrected chi connectivity index (χ4v) is 3.65. The summed E-state index contributed by atoms with van der Waals surface area (Å²) in [6, 6.07) is 1.58. The summed E-state index contributed by atoms with van der Waals surface area (Å²) in [5.41, 5.74) is 0. The fourth-order valence-electron chi connectivity index (χ4n) is 3.65. The maximum Gasteiger partial charge on any atom is 0.0110 e. The Hall–Kier alpha value is -0.120. The lowest BCUT2D eigenvalue weighted by atomic mass is 9.88. The van der Waals surface area contributed by atoms with Crippen LogP contribution in [0.2, 0.25) is 0 Å². The van der Waals surface area contributed by atoms with E-state index in [-0.39, 0.29) is 0 Å². The molecule has 3 atom stereocenters. The molecule has 1 aliphatic carbocycles. The molecule has 1 saturated heterocycles. The van der Waals surface area contributed by atoms with Crippen LogP contribution in [-0.4, -0.2) is 50.7 Å². The van der Waals surface area contributed by atoms with Gasteiger partial charge in [-0.1, -0.05) is 12.8 Å². The first-order valence-corrected chi connectivity index (χ1v) is 7.89. The number of nitrogens with one attached hydrogen (secondary N) is 2. The Labute approximate surface area is 113 Å². The van der Waals surface area contributed by atoms with Crippen LogP contribution in [0.5, 0.6) is 0 Å². The normalized spacial score (nSPS) is 33.2. The van der Waals surface area contributed by atoms with Gasteiger partial charge in [-0.25, -0.2) is 0 Å². The molecule has 2 fully saturated rings. The van der Waals surface area contributed by atoms with Crippen LogP contribution >= 0.6 is 0 Å². The quantitative estimate of drug-likeness (QED) is 0.707. The first-order chi connectivity index (χ1) is 8.77. The highest BCUT2D eigenvalue weighted by Gasteiger charge is 2.33. The first-order valence-electron chi connectivity index (χ1n) is 7.89. The van der Waals surface area contributed by atoms with E-state index in [1.807, 2.05) is 0 Å². The first kappa shape index (κ1) is 14.3. The summed E-state index contributed by atoms with van der Waals surface area (Å²) >= 11 is 0. The Morgan fingerprint density at radius 2 is 2.00 bits per heavy atom. The van der Waals surface area contributed by atoms with E-state index >= 15 is 0 Å². The minimum atomic E-state index is 0.780. The van der Waals surface area contributed by atoms with Crippen molar-refractivity contribution in [2.75, 3.05) is 33.7 Å². The molecule has 0 spiro atoms. The van der Waals surface area contributed by atoms with Crippen LogP contribution in [-0.2, 0) is 0 Å². The highest BCUT2D eigenvalue weighted by atomic mass is 15.1. The van der Waals surface area contributed by atoms with Crippen molar-refractivity contribution in [1.82, 2.24) is 15.5 Å². The van der Waals surface area contributed by atoms with Gasteiger partial charge in [0.1, 0.15) is 0 Å². The Kier molecular flexibility index (Phi) is 5.93. The summed E-state index contributed by atoms with van der Waals surface area (Å²) in [5, 5.41) is 7.57. The van der Waals surface area contributed by atoms with Crippen LogP contribution in [0.15, 0.2) is 0 Å². The average Bonchev–Trinajstić information content (AvgIpc) is 2.84. The third-order valence-corrected chi connectivity index (χ3v) is 4.62. The maximum absolute atomic E-state index is 3.82. The van der Waals surface area contributed by atoms with E-state index in [0.717, 1.165) is 18.0 Å². The Balaban J connectivity index is 1.69. The van der Waals surface area contributed by atoms with E-state index in [4.69, 9.17) is 0 Å². The van der Waals surface area contributed by atoms with Gasteiger partial charge in [-0.3, -0.25) is 0 Å². The van der Waals surface area contributed by atoms with E-state index in [0.29, 0.717) is 0 Å². The summed E-state index contributed by atoms with van der Waals surface area (Å²) in [4.78, 5) is 2.27. The van der Waals surface area contributed by atoms with Crippen molar-refractivity contribution in [2.24, 2.45) is 5.92 Å². The van der Waals surface area contributed by atoms with E-state index in [9.17, 15) is 0 Å². The molecule has 1 heterocycles. The van der Waals surface area contributed by atoms with Gasteiger partial charge >= 0.3 is 0 Å². The Bertz CT molecular complexity index is 224. The average molecular weight is 253 g/mol. The van der Waals surface area contributed by atoms with Crippen molar-refractivity contribution in [3.05, 3.63) is 0 Å². The molecule has 0 radical (unpaired) electrons. The molecule has 3 heteroatoms. The second kappa shape index (κ2) is 7.46. The molecule has 0 amide bonds. The molecular formula is C15H31N3. The van der Waals surface area contributed by atoms with Crippen molar-refractivity contribution in [3.63, 3.8) is 0 Å². The SMILES string of the molecule is CN(C)CCCNC1CCCC1C1CCCCN1. The molecule has 0 bridgehead atoms. The lowest BCUT2D eigenvalue weighted by Crippen LogP contribution is -2.47. The zero-order chi connectivity index (χ0) is 12.8. The van der Waals surface area contributed by atoms with E-state index in [1.54, 1.807) is 0 Å². The summed E-state index contributed by atoms with van der Waals surface area (Å²) in [7, 11) is 4.31. The predicted octanol–water partition coefficient (Wildman–Crippen LogP) is 1.84. The molecule has 0 aromatic carbocycles. The van der Waals surface area contributed by atoms with Gasteiger partial charge < -0.3 is 15.5 Å². The molecule has 2 N–H and O–H groups in total. The van der Waals surface area contributed by atoms with Crippen LogP contribution in [0.4, 0.5) is 0 Å². The number of rotatable bonds is 6. The highest BCUT2D eigenvalue weighted by molar-refractivity contribution is 4.92. The van der Waals surface area contributed by atoms with Gasteiger partial charge in [-0.05, 0) is 71.8 Å². The standard InChI is InChI=1S/C15H31N3/c1-18(2)12-6-11-17-15-9-5-7-13(15)14-8-3-4-10-16-14/h13-17H,3-12H2,1-2H3. The Morgan fingerprint density at radius 1 is 1.11 bits per heavy atom. The van der Waals surface area contributed by atoms with Crippen LogP contribution in [0.1, 0.15) is 44.9 Å². The zero-order valence-electron chi connectivity index (χ0n) is 12.3. The maximum atomic E-state index is 3.82. The van der Waals surface area contributed by atoms with Gasteiger partial charge in [0, 0.05) is 12.1 Å². The van der Waals surface area contributed by atoms with Crippen molar-refractivity contribution in [1.29, 1.82) is 0 Å². The molecule has 1 saturated carbocycles. The molecule has 2 rings (SSSR count). The number of piperidine rings is 1. The molecule has 106 valence electrons. The second-order valence-corrected chi connectivity index (χ2v) is 6.37. The minimum Gasteiger partial charge on any atom is -0.314 e. The summed E-state index contributed by atoms with van der Waals surface area (Å²) in [5.74, 6) is 0.893. The summed E-state index contributed by atoms with van der Waals surface area (Å²) in [6.45, 7) is 3.63. The van der Waals surface area contributed by atoms with Crippen LogP contribution in [0.3, 0.4) is 0 Å². The van der Waals surface area contributed by atoms with Crippen LogP contribution in [0.25, 0.3) is 0 Å². The van der Waals surface area contributed by atoms with Gasteiger partial charge in [-0.2, -0.15) is 0 Å². The minimum absolute atomic E-state index is 0.780. The van der Waals surface area contributed by atoms with E-state index in [2.05, 4.69) is 29.6 Å². The third kappa shape index (κ3) is 4.22. The monoisotopic (exact) mass is 253 g/mol. The van der Waals surface area contributed by atoms with Crippen molar-refractivity contribution >= 4 is 0 Å². The number of nitrogens with zero attached hydrogens (tertiary/aromatic N) is 1. The third-order valence-electron chi connectivity index (χ3n) is 4.62. The summed E-state index contributed by atoms with van der Waals surface area (Å²) in [6.07, 6.45) is 9.74. The van der Waals surface area contributed by atoms with Crippen molar-refractivity contribution < 1.29 is 0 Å². The van der Waals surface area contributed by atoms with Gasteiger partial charge in [0.25, 0.3) is 0 Å². The van der Waals surface area contributed by atoms with Gasteiger partial charge in [0.2, 0.25) is 0 Å². The predicted molar refractivity (Wildman–Crippen MR) is 77.9 cm³/mol. The molecule has 3 unspecified atom stereocenters. The number of hydrogen-bond acceptors (Lipinski definition) is 3. The van der Waals surface area contributed by atoms with E-state index < -0.39 is 0 Å². The highest BCUT2D eigenvalue weighted by Crippen LogP contribution is 2.31. The zero-order valence-corrected chi connectivity index (χ0v) is 12.3. The van der Waals surface area contributed by atoms with Crippen LogP contribution in [0, 0.1) is 5.92 Å². The van der Waals surface area contributed by atoms with Crippen molar-refractivity contribution in [2.45, 2.75) is 57.0 Å². The smallest absolute Gasteiger partial charge is 0.0110 e. The molecule has 2 aliphatic rings. The molecule has 18 heavy (non-hydrogen) atoms. The Morgan fingerprint density at radius 3 is 2.72 bits per heavy atom. The second-order valence-electron chi connectivity index (χ2n) is 6.37. The van der Waals surface area contributed by atoms with E-state index in [1.165, 1.54) is 64.6 Å². The number of hydrogen-bond donors (Lipinski definition) is 2. The van der Waals surface area contributed by atoms with Gasteiger partial charge in [-0.15, -0.1) is 0 Å².